The molecule has 1 aromatic rings. The zero-order valence-corrected chi connectivity index (χ0v) is 9.70. The maximum Gasteiger partial charge on any atom is 0.231 e. The molecule has 3 N–H and O–H groups in total. The number of fused-ring (bicyclic) bond motifs is 1. The van der Waals surface area contributed by atoms with Crippen LogP contribution in [0, 0.1) is 0 Å². The van der Waals surface area contributed by atoms with Gasteiger partial charge in [-0.15, -0.1) is 0 Å². The summed E-state index contributed by atoms with van der Waals surface area (Å²) in [6, 6.07) is 3.07. The lowest BCUT2D eigenvalue weighted by molar-refractivity contribution is 0.144. The van der Waals surface area contributed by atoms with Crippen molar-refractivity contribution in [2.45, 2.75) is 25.5 Å². The molecular formula is C11H14ClNO3. The fraction of sp³-hybridized carbons (Fsp3) is 0.455. The van der Waals surface area contributed by atoms with Gasteiger partial charge >= 0.3 is 0 Å². The molecule has 88 valence electrons. The van der Waals surface area contributed by atoms with Gasteiger partial charge < -0.3 is 20.3 Å². The van der Waals surface area contributed by atoms with Crippen LogP contribution in [0.3, 0.4) is 0 Å². The molecule has 0 amide bonds. The average molecular weight is 244 g/mol. The molecule has 0 aromatic heterocycles. The van der Waals surface area contributed by atoms with Crippen molar-refractivity contribution in [2.75, 3.05) is 6.79 Å². The molecule has 1 aliphatic rings. The van der Waals surface area contributed by atoms with Gasteiger partial charge in [0.2, 0.25) is 6.79 Å². The van der Waals surface area contributed by atoms with Gasteiger partial charge in [0.15, 0.2) is 11.5 Å². The number of nitrogens with two attached hydrogens (primary N) is 1. The van der Waals surface area contributed by atoms with Gasteiger partial charge in [-0.2, -0.15) is 0 Å². The molecule has 0 aliphatic carbocycles. The zero-order chi connectivity index (χ0) is 11.7. The number of hydrogen-bond acceptors (Lipinski definition) is 4. The summed E-state index contributed by atoms with van der Waals surface area (Å²) in [5, 5.41) is 10.4. The number of rotatable bonds is 3. The highest BCUT2D eigenvalue weighted by atomic mass is 35.5. The Morgan fingerprint density at radius 3 is 2.94 bits per heavy atom. The predicted molar refractivity (Wildman–Crippen MR) is 60.8 cm³/mol. The van der Waals surface area contributed by atoms with E-state index < -0.39 is 6.10 Å². The van der Waals surface area contributed by atoms with Gasteiger partial charge in [-0.25, -0.2) is 0 Å². The second kappa shape index (κ2) is 4.49. The Morgan fingerprint density at radius 2 is 2.25 bits per heavy atom. The van der Waals surface area contributed by atoms with E-state index in [0.717, 1.165) is 0 Å². The van der Waals surface area contributed by atoms with Crippen molar-refractivity contribution in [3.63, 3.8) is 0 Å². The number of ether oxygens (including phenoxy) is 2. The quantitative estimate of drug-likeness (QED) is 0.850. The molecule has 0 radical (unpaired) electrons. The van der Waals surface area contributed by atoms with Gasteiger partial charge in [-0.1, -0.05) is 18.5 Å². The van der Waals surface area contributed by atoms with Crippen LogP contribution in [0.25, 0.3) is 0 Å². The van der Waals surface area contributed by atoms with Crippen LogP contribution in [-0.4, -0.2) is 17.9 Å². The van der Waals surface area contributed by atoms with E-state index in [9.17, 15) is 5.11 Å². The third-order valence-corrected chi connectivity index (χ3v) is 2.95. The van der Waals surface area contributed by atoms with Crippen molar-refractivity contribution in [3.05, 3.63) is 22.7 Å². The van der Waals surface area contributed by atoms with Crippen molar-refractivity contribution in [2.24, 2.45) is 5.73 Å². The highest BCUT2D eigenvalue weighted by Crippen LogP contribution is 2.41. The van der Waals surface area contributed by atoms with Gasteiger partial charge in [0, 0.05) is 6.04 Å². The molecule has 16 heavy (non-hydrogen) atoms. The molecule has 2 rings (SSSR count). The largest absolute Gasteiger partial charge is 0.454 e. The molecule has 1 aliphatic heterocycles. The van der Waals surface area contributed by atoms with Crippen LogP contribution in [0.4, 0.5) is 0 Å². The standard InChI is InChI=1S/C11H14ClNO3/c1-2-8(13)10(14)6-3-7(12)11-9(4-6)15-5-16-11/h3-4,8,10,14H,2,5,13H2,1H3. The van der Waals surface area contributed by atoms with E-state index in [1.165, 1.54) is 0 Å². The Hall–Kier alpha value is -0.970. The SMILES string of the molecule is CCC(N)C(O)c1cc(Cl)c2c(c1)OCO2. The molecule has 0 saturated carbocycles. The van der Waals surface area contributed by atoms with Crippen LogP contribution in [-0.2, 0) is 0 Å². The van der Waals surface area contributed by atoms with E-state index >= 15 is 0 Å². The third kappa shape index (κ3) is 1.96. The van der Waals surface area contributed by atoms with E-state index in [0.29, 0.717) is 28.5 Å². The minimum absolute atomic E-state index is 0.161. The molecule has 1 heterocycles. The topological polar surface area (TPSA) is 64.7 Å². The van der Waals surface area contributed by atoms with Crippen molar-refractivity contribution < 1.29 is 14.6 Å². The van der Waals surface area contributed by atoms with Crippen LogP contribution in [0.5, 0.6) is 11.5 Å². The Bertz CT molecular complexity index is 397. The second-order valence-electron chi connectivity index (χ2n) is 3.75. The summed E-state index contributed by atoms with van der Waals surface area (Å²) < 4.78 is 10.4. The molecule has 0 fully saturated rings. The Labute approximate surface area is 98.9 Å². The number of halogens is 1. The molecule has 5 heteroatoms. The molecule has 4 nitrogen and oxygen atoms in total. The number of aliphatic hydroxyl groups is 1. The minimum Gasteiger partial charge on any atom is -0.454 e. The lowest BCUT2D eigenvalue weighted by Gasteiger charge is -2.18. The van der Waals surface area contributed by atoms with Crippen LogP contribution in [0.15, 0.2) is 12.1 Å². The molecule has 2 unspecified atom stereocenters. The molecular weight excluding hydrogens is 230 g/mol. The van der Waals surface area contributed by atoms with Crippen molar-refractivity contribution >= 4 is 11.6 Å². The van der Waals surface area contributed by atoms with Crippen LogP contribution in [0.2, 0.25) is 5.02 Å². The summed E-state index contributed by atoms with van der Waals surface area (Å²) in [5.74, 6) is 1.09. The zero-order valence-electron chi connectivity index (χ0n) is 8.94. The molecule has 0 saturated heterocycles. The summed E-state index contributed by atoms with van der Waals surface area (Å²) in [4.78, 5) is 0. The normalized spacial score (nSPS) is 17.2. The van der Waals surface area contributed by atoms with Gasteiger partial charge in [0.05, 0.1) is 11.1 Å². The smallest absolute Gasteiger partial charge is 0.231 e. The fourth-order valence-electron chi connectivity index (χ4n) is 1.63. The van der Waals surface area contributed by atoms with Crippen LogP contribution < -0.4 is 15.2 Å². The monoisotopic (exact) mass is 243 g/mol. The van der Waals surface area contributed by atoms with E-state index in [-0.39, 0.29) is 12.8 Å². The van der Waals surface area contributed by atoms with Gasteiger partial charge in [0.25, 0.3) is 0 Å². The second-order valence-corrected chi connectivity index (χ2v) is 4.16. The summed E-state index contributed by atoms with van der Waals surface area (Å²) >= 11 is 6.01. The average Bonchev–Trinajstić information content (AvgIpc) is 2.75. The fourth-order valence-corrected chi connectivity index (χ4v) is 1.90. The third-order valence-electron chi connectivity index (χ3n) is 2.67. The summed E-state index contributed by atoms with van der Waals surface area (Å²) in [5.41, 5.74) is 6.43. The molecule has 0 spiro atoms. The summed E-state index contributed by atoms with van der Waals surface area (Å²) in [6.07, 6.45) is -0.0512. The van der Waals surface area contributed by atoms with Crippen molar-refractivity contribution in [1.29, 1.82) is 0 Å². The Kier molecular flexibility index (Phi) is 3.23. The van der Waals surface area contributed by atoms with E-state index in [2.05, 4.69) is 0 Å². The van der Waals surface area contributed by atoms with Crippen LogP contribution in [0.1, 0.15) is 25.0 Å². The van der Waals surface area contributed by atoms with E-state index in [1.54, 1.807) is 12.1 Å². The lowest BCUT2D eigenvalue weighted by atomic mass is 10.0. The predicted octanol–water partition coefficient (Wildman–Crippen LogP) is 1.84. The first-order valence-electron chi connectivity index (χ1n) is 5.16. The first-order chi connectivity index (χ1) is 7.63. The van der Waals surface area contributed by atoms with Gasteiger partial charge in [-0.05, 0) is 24.1 Å². The molecule has 0 bridgehead atoms. The molecule has 2 atom stereocenters. The minimum atomic E-state index is -0.739. The van der Waals surface area contributed by atoms with Crippen molar-refractivity contribution in [1.82, 2.24) is 0 Å². The number of aliphatic hydroxyl groups excluding tert-OH is 1. The Balaban J connectivity index is 2.33. The van der Waals surface area contributed by atoms with Gasteiger partial charge in [-0.3, -0.25) is 0 Å². The maximum absolute atomic E-state index is 9.96. The number of hydrogen-bond donors (Lipinski definition) is 2. The highest BCUT2D eigenvalue weighted by molar-refractivity contribution is 6.32. The first-order valence-corrected chi connectivity index (χ1v) is 5.54. The van der Waals surface area contributed by atoms with Crippen LogP contribution >= 0.6 is 11.6 Å². The Morgan fingerprint density at radius 1 is 1.50 bits per heavy atom. The summed E-state index contributed by atoms with van der Waals surface area (Å²) in [7, 11) is 0. The highest BCUT2D eigenvalue weighted by Gasteiger charge is 2.22. The maximum atomic E-state index is 9.96. The first kappa shape index (κ1) is 11.5. The number of benzene rings is 1. The van der Waals surface area contributed by atoms with Gasteiger partial charge in [0.1, 0.15) is 0 Å². The van der Waals surface area contributed by atoms with Crippen molar-refractivity contribution in [3.8, 4) is 11.5 Å². The lowest BCUT2D eigenvalue weighted by Crippen LogP contribution is -2.27. The van der Waals surface area contributed by atoms with E-state index in [4.69, 9.17) is 26.8 Å². The summed E-state index contributed by atoms with van der Waals surface area (Å²) in [6.45, 7) is 2.08. The van der Waals surface area contributed by atoms with E-state index in [1.807, 2.05) is 6.92 Å². The molecule has 1 aromatic carbocycles.